The molecule has 0 aliphatic rings. The smallest absolute Gasteiger partial charge is 0.350 e. The Morgan fingerprint density at radius 3 is 1.68 bits per heavy atom. The van der Waals surface area contributed by atoms with Crippen LogP contribution >= 0.6 is 0 Å². The number of hydrogen-bond acceptors (Lipinski definition) is 2. The van der Waals surface area contributed by atoms with Gasteiger partial charge in [0.2, 0.25) is 0 Å². The van der Waals surface area contributed by atoms with Crippen LogP contribution in [0.1, 0.15) is 11.1 Å². The molecule has 0 radical (unpaired) electrons. The van der Waals surface area contributed by atoms with E-state index < -0.39 is 41.2 Å². The number of hydrogen-bond donors (Lipinski definition) is 4. The van der Waals surface area contributed by atoms with E-state index in [-0.39, 0.29) is 6.07 Å². The largest absolute Gasteiger partial charge is 0.416 e. The number of benzene rings is 1. The molecule has 0 unspecified atom stereocenters. The minimum atomic E-state index is -5.04. The molecular weight excluding hydrogens is 322 g/mol. The Hall–Kier alpha value is -2.66. The second-order valence-corrected chi connectivity index (χ2v) is 3.86. The lowest BCUT2D eigenvalue weighted by Gasteiger charge is -2.15. The van der Waals surface area contributed by atoms with Crippen molar-refractivity contribution < 1.29 is 35.9 Å². The van der Waals surface area contributed by atoms with E-state index in [1.54, 1.807) is 16.2 Å². The second-order valence-electron chi connectivity index (χ2n) is 3.86. The number of amides is 4. The van der Waals surface area contributed by atoms with E-state index >= 15 is 0 Å². The third-order valence-corrected chi connectivity index (χ3v) is 2.14. The molecule has 0 aromatic heterocycles. The molecule has 6 nitrogen and oxygen atoms in total. The molecule has 5 N–H and O–H groups in total. The summed E-state index contributed by atoms with van der Waals surface area (Å²) >= 11 is 0. The van der Waals surface area contributed by atoms with Crippen molar-refractivity contribution in [3.63, 3.8) is 0 Å². The van der Waals surface area contributed by atoms with Gasteiger partial charge < -0.3 is 11.1 Å². The fourth-order valence-corrected chi connectivity index (χ4v) is 1.31. The number of anilines is 1. The van der Waals surface area contributed by atoms with Gasteiger partial charge in [-0.05, 0) is 18.2 Å². The predicted molar refractivity (Wildman–Crippen MR) is 61.3 cm³/mol. The molecular formula is C10H8F6N4O2. The molecule has 22 heavy (non-hydrogen) atoms. The SMILES string of the molecule is NC(=O)NNC(=O)Nc1cc(C(F)(F)F)cc(C(F)(F)F)c1. The number of hydrazine groups is 1. The number of carbonyl (C=O) groups is 2. The van der Waals surface area contributed by atoms with Crippen LogP contribution in [0.15, 0.2) is 18.2 Å². The lowest BCUT2D eigenvalue weighted by atomic mass is 10.1. The van der Waals surface area contributed by atoms with Crippen LogP contribution < -0.4 is 21.9 Å². The summed E-state index contributed by atoms with van der Waals surface area (Å²) in [4.78, 5) is 21.5. The van der Waals surface area contributed by atoms with Gasteiger partial charge in [-0.25, -0.2) is 20.4 Å². The molecule has 0 fully saturated rings. The number of alkyl halides is 6. The zero-order chi connectivity index (χ0) is 17.1. The Kier molecular flexibility index (Phi) is 4.74. The highest BCUT2D eigenvalue weighted by molar-refractivity contribution is 5.90. The van der Waals surface area contributed by atoms with Gasteiger partial charge in [0.25, 0.3) is 0 Å². The molecule has 122 valence electrons. The highest BCUT2D eigenvalue weighted by Gasteiger charge is 2.37. The van der Waals surface area contributed by atoms with E-state index in [9.17, 15) is 35.9 Å². The number of carbonyl (C=O) groups excluding carboxylic acids is 2. The number of primary amides is 1. The predicted octanol–water partition coefficient (Wildman–Crippen LogP) is 2.43. The molecule has 4 amide bonds. The van der Waals surface area contributed by atoms with Crippen LogP contribution in [-0.2, 0) is 12.4 Å². The van der Waals surface area contributed by atoms with Crippen LogP contribution in [0.3, 0.4) is 0 Å². The van der Waals surface area contributed by atoms with Crippen LogP contribution in [0.5, 0.6) is 0 Å². The maximum atomic E-state index is 12.6. The quantitative estimate of drug-likeness (QED) is 0.470. The van der Waals surface area contributed by atoms with Crippen molar-refractivity contribution in [1.82, 2.24) is 10.9 Å². The van der Waals surface area contributed by atoms with Crippen LogP contribution in [0, 0.1) is 0 Å². The molecule has 0 saturated carbocycles. The van der Waals surface area contributed by atoms with Crippen LogP contribution in [0.25, 0.3) is 0 Å². The summed E-state index contributed by atoms with van der Waals surface area (Å²) < 4.78 is 75.3. The van der Waals surface area contributed by atoms with Gasteiger partial charge in [0.15, 0.2) is 0 Å². The molecule has 0 atom stereocenters. The Balaban J connectivity index is 3.08. The van der Waals surface area contributed by atoms with E-state index in [1.807, 2.05) is 0 Å². The lowest BCUT2D eigenvalue weighted by molar-refractivity contribution is -0.143. The first-order chi connectivity index (χ1) is 9.89. The van der Waals surface area contributed by atoms with Crippen molar-refractivity contribution in [1.29, 1.82) is 0 Å². The third-order valence-electron chi connectivity index (χ3n) is 2.14. The topological polar surface area (TPSA) is 96.2 Å². The van der Waals surface area contributed by atoms with Crippen molar-refractivity contribution in [2.75, 3.05) is 5.32 Å². The van der Waals surface area contributed by atoms with Gasteiger partial charge in [-0.3, -0.25) is 0 Å². The molecule has 1 rings (SSSR count). The first-order valence-corrected chi connectivity index (χ1v) is 5.31. The Morgan fingerprint density at radius 1 is 0.864 bits per heavy atom. The first kappa shape index (κ1) is 17.4. The highest BCUT2D eigenvalue weighted by Crippen LogP contribution is 2.37. The number of halogens is 6. The van der Waals surface area contributed by atoms with E-state index in [0.717, 1.165) is 0 Å². The third kappa shape index (κ3) is 5.03. The molecule has 1 aromatic carbocycles. The second kappa shape index (κ2) is 5.99. The minimum Gasteiger partial charge on any atom is -0.350 e. The van der Waals surface area contributed by atoms with Crippen LogP contribution in [0.2, 0.25) is 0 Å². The maximum absolute atomic E-state index is 12.6. The van der Waals surface area contributed by atoms with E-state index in [4.69, 9.17) is 0 Å². The summed E-state index contributed by atoms with van der Waals surface area (Å²) in [6.45, 7) is 0. The zero-order valence-corrected chi connectivity index (χ0v) is 10.4. The first-order valence-electron chi connectivity index (χ1n) is 5.31. The van der Waals surface area contributed by atoms with Gasteiger partial charge in [-0.1, -0.05) is 0 Å². The summed E-state index contributed by atoms with van der Waals surface area (Å²) in [5.74, 6) is 0. The number of rotatable bonds is 1. The van der Waals surface area contributed by atoms with Crippen molar-refractivity contribution >= 4 is 17.7 Å². The molecule has 0 spiro atoms. The van der Waals surface area contributed by atoms with Crippen molar-refractivity contribution in [3.8, 4) is 0 Å². The highest BCUT2D eigenvalue weighted by atomic mass is 19.4. The van der Waals surface area contributed by atoms with Gasteiger partial charge in [0.1, 0.15) is 0 Å². The Bertz CT molecular complexity index is 552. The molecule has 0 saturated heterocycles. The number of nitrogens with one attached hydrogen (secondary N) is 3. The monoisotopic (exact) mass is 330 g/mol. The Labute approximate surface area is 118 Å². The van der Waals surface area contributed by atoms with E-state index in [1.165, 1.54) is 0 Å². The van der Waals surface area contributed by atoms with Crippen molar-refractivity contribution in [2.24, 2.45) is 5.73 Å². The number of urea groups is 2. The maximum Gasteiger partial charge on any atom is 0.416 e. The van der Waals surface area contributed by atoms with Gasteiger partial charge in [0.05, 0.1) is 11.1 Å². The molecule has 0 bridgehead atoms. The van der Waals surface area contributed by atoms with Gasteiger partial charge in [-0.15, -0.1) is 0 Å². The molecule has 0 aliphatic carbocycles. The molecule has 12 heteroatoms. The molecule has 0 heterocycles. The summed E-state index contributed by atoms with van der Waals surface area (Å²) in [7, 11) is 0. The normalized spacial score (nSPS) is 11.7. The molecule has 0 aliphatic heterocycles. The van der Waals surface area contributed by atoms with Crippen molar-refractivity contribution in [3.05, 3.63) is 29.3 Å². The summed E-state index contributed by atoms with van der Waals surface area (Å²) in [6, 6.07) is -1.95. The molecule has 1 aromatic rings. The fourth-order valence-electron chi connectivity index (χ4n) is 1.31. The lowest BCUT2D eigenvalue weighted by Crippen LogP contribution is -2.46. The summed E-state index contributed by atoms with van der Waals surface area (Å²) in [5.41, 5.74) is 3.84. The summed E-state index contributed by atoms with van der Waals surface area (Å²) in [5, 5.41) is 1.70. The average Bonchev–Trinajstić information content (AvgIpc) is 2.34. The Morgan fingerprint density at radius 2 is 1.32 bits per heavy atom. The van der Waals surface area contributed by atoms with Gasteiger partial charge >= 0.3 is 24.4 Å². The van der Waals surface area contributed by atoms with Gasteiger partial charge in [-0.2, -0.15) is 26.3 Å². The average molecular weight is 330 g/mol. The van der Waals surface area contributed by atoms with Crippen LogP contribution in [-0.4, -0.2) is 12.1 Å². The number of nitrogens with two attached hydrogens (primary N) is 1. The standard InChI is InChI=1S/C10H8F6N4O2/c11-9(12,13)4-1-5(10(14,15)16)3-6(2-4)18-8(22)20-19-7(17)21/h1-3H,(H3,17,19,21)(H2,18,20,22). The van der Waals surface area contributed by atoms with E-state index in [2.05, 4.69) is 5.73 Å². The minimum absolute atomic E-state index is 0.0925. The van der Waals surface area contributed by atoms with Gasteiger partial charge in [0, 0.05) is 5.69 Å². The van der Waals surface area contributed by atoms with Crippen molar-refractivity contribution in [2.45, 2.75) is 12.4 Å². The zero-order valence-electron chi connectivity index (χ0n) is 10.4. The summed E-state index contributed by atoms with van der Waals surface area (Å²) in [6.07, 6.45) is -10.1. The fraction of sp³-hybridized carbons (Fsp3) is 0.200. The van der Waals surface area contributed by atoms with Crippen LogP contribution in [0.4, 0.5) is 41.6 Å². The van der Waals surface area contributed by atoms with E-state index in [0.29, 0.717) is 12.1 Å².